The number of hydrogen-bond acceptors (Lipinski definition) is 4. The maximum Gasteiger partial charge on any atom is 0.157 e. The maximum absolute atomic E-state index is 9.62. The van der Waals surface area contributed by atoms with Crippen molar-refractivity contribution in [2.24, 2.45) is 0 Å². The number of halogens is 1. The second kappa shape index (κ2) is 9.11. The highest BCUT2D eigenvalue weighted by atomic mass is 79.9. The average molecular weight is 408 g/mol. The van der Waals surface area contributed by atoms with Crippen LogP contribution in [0.2, 0.25) is 0 Å². The summed E-state index contributed by atoms with van der Waals surface area (Å²) in [7, 11) is 0. The molecule has 1 aliphatic heterocycles. The molecule has 2 aromatic carbocycles. The third-order valence-electron chi connectivity index (χ3n) is 4.82. The maximum atomic E-state index is 9.62. The topological polar surface area (TPSA) is 72.7 Å². The zero-order valence-corrected chi connectivity index (χ0v) is 15.9. The van der Waals surface area contributed by atoms with Gasteiger partial charge in [0.25, 0.3) is 0 Å². The van der Waals surface area contributed by atoms with Gasteiger partial charge in [-0.05, 0) is 67.5 Å². The van der Waals surface area contributed by atoms with Crippen LogP contribution in [0.1, 0.15) is 36.8 Å². The molecule has 0 aromatic heterocycles. The molecule has 25 heavy (non-hydrogen) atoms. The van der Waals surface area contributed by atoms with Crippen LogP contribution in [0.5, 0.6) is 17.2 Å². The molecule has 3 rings (SSSR count). The molecule has 2 aromatic rings. The monoisotopic (exact) mass is 407 g/mol. The number of piperidine rings is 1. The normalized spacial score (nSPS) is 20.0. The van der Waals surface area contributed by atoms with E-state index in [0.717, 1.165) is 31.2 Å². The zero-order valence-electron chi connectivity index (χ0n) is 14.2. The van der Waals surface area contributed by atoms with Crippen LogP contribution in [0.3, 0.4) is 0 Å². The minimum Gasteiger partial charge on any atom is -0.508 e. The summed E-state index contributed by atoms with van der Waals surface area (Å²) < 4.78 is 0. The zero-order chi connectivity index (χ0) is 16.9. The fourth-order valence-corrected chi connectivity index (χ4v) is 3.48. The molecule has 0 radical (unpaired) electrons. The van der Waals surface area contributed by atoms with Crippen LogP contribution < -0.4 is 5.32 Å². The Hall–Kier alpha value is -1.72. The van der Waals surface area contributed by atoms with E-state index in [0.29, 0.717) is 17.8 Å². The second-order valence-corrected chi connectivity index (χ2v) is 6.72. The Bertz CT molecular complexity index is 675. The Morgan fingerprint density at radius 2 is 1.52 bits per heavy atom. The first-order valence-corrected chi connectivity index (χ1v) is 8.65. The summed E-state index contributed by atoms with van der Waals surface area (Å²) in [5.74, 6) is 0.195. The molecule has 5 heteroatoms. The Labute approximate surface area is 159 Å². The smallest absolute Gasteiger partial charge is 0.157 e. The number of nitrogens with one attached hydrogen (secondary N) is 1. The summed E-state index contributed by atoms with van der Waals surface area (Å²) >= 11 is 0. The van der Waals surface area contributed by atoms with Gasteiger partial charge in [-0.2, -0.15) is 0 Å². The van der Waals surface area contributed by atoms with E-state index >= 15 is 0 Å². The number of benzene rings is 2. The molecular formula is C20H26BrNO3. The van der Waals surface area contributed by atoms with E-state index in [2.05, 4.69) is 5.32 Å². The molecule has 1 heterocycles. The van der Waals surface area contributed by atoms with Crippen molar-refractivity contribution >= 4 is 17.0 Å². The van der Waals surface area contributed by atoms with Gasteiger partial charge in [0.15, 0.2) is 11.5 Å². The number of aryl methyl sites for hydroxylation is 1. The van der Waals surface area contributed by atoms with E-state index in [-0.39, 0.29) is 28.5 Å². The predicted octanol–water partition coefficient (Wildman–Crippen LogP) is 4.07. The number of phenolic OH excluding ortho intramolecular Hbond substituents is 3. The summed E-state index contributed by atoms with van der Waals surface area (Å²) in [6.45, 7) is 0. The van der Waals surface area contributed by atoms with Crippen molar-refractivity contribution in [2.75, 3.05) is 0 Å². The van der Waals surface area contributed by atoms with E-state index in [1.165, 1.54) is 18.4 Å². The van der Waals surface area contributed by atoms with Gasteiger partial charge >= 0.3 is 0 Å². The van der Waals surface area contributed by atoms with Gasteiger partial charge in [-0.25, -0.2) is 0 Å². The first kappa shape index (κ1) is 19.6. The molecule has 1 saturated heterocycles. The number of rotatable bonds is 5. The van der Waals surface area contributed by atoms with Crippen molar-refractivity contribution in [3.63, 3.8) is 0 Å². The van der Waals surface area contributed by atoms with Gasteiger partial charge < -0.3 is 20.6 Å². The van der Waals surface area contributed by atoms with Gasteiger partial charge in [0.05, 0.1) is 0 Å². The van der Waals surface area contributed by atoms with Crippen LogP contribution in [0, 0.1) is 0 Å². The van der Waals surface area contributed by atoms with Crippen molar-refractivity contribution in [1.29, 1.82) is 0 Å². The van der Waals surface area contributed by atoms with E-state index in [9.17, 15) is 15.3 Å². The number of aromatic hydroxyl groups is 3. The number of hydrogen-bond donors (Lipinski definition) is 4. The molecule has 136 valence electrons. The van der Waals surface area contributed by atoms with Gasteiger partial charge in [-0.1, -0.05) is 24.6 Å². The van der Waals surface area contributed by atoms with E-state index in [4.69, 9.17) is 0 Å². The van der Waals surface area contributed by atoms with Crippen molar-refractivity contribution in [2.45, 2.75) is 50.6 Å². The van der Waals surface area contributed by atoms with Crippen LogP contribution in [0.25, 0.3) is 0 Å². The third kappa shape index (κ3) is 5.65. The first-order valence-electron chi connectivity index (χ1n) is 8.65. The fourth-order valence-electron chi connectivity index (χ4n) is 3.48. The predicted molar refractivity (Wildman–Crippen MR) is 105 cm³/mol. The lowest BCUT2D eigenvalue weighted by molar-refractivity contribution is 0.306. The molecule has 0 saturated carbocycles. The molecule has 2 unspecified atom stereocenters. The van der Waals surface area contributed by atoms with E-state index in [1.807, 2.05) is 18.2 Å². The fraction of sp³-hybridized carbons (Fsp3) is 0.400. The van der Waals surface area contributed by atoms with Crippen LogP contribution in [0.15, 0.2) is 42.5 Å². The molecule has 0 amide bonds. The molecule has 0 aliphatic carbocycles. The highest BCUT2D eigenvalue weighted by molar-refractivity contribution is 8.93. The SMILES string of the molecule is Br.Oc1ccc(CCC2CCCC(Cc3ccc(O)c(O)c3)N2)cc1. The first-order chi connectivity index (χ1) is 11.6. The molecule has 1 fully saturated rings. The Morgan fingerprint density at radius 3 is 2.24 bits per heavy atom. The van der Waals surface area contributed by atoms with Crippen LogP contribution in [-0.4, -0.2) is 27.4 Å². The molecule has 0 bridgehead atoms. The lowest BCUT2D eigenvalue weighted by Crippen LogP contribution is -2.43. The highest BCUT2D eigenvalue weighted by Crippen LogP contribution is 2.27. The van der Waals surface area contributed by atoms with E-state index in [1.54, 1.807) is 24.3 Å². The number of phenols is 3. The molecule has 1 aliphatic rings. The standard InChI is InChI=1S/C20H25NO3.BrH/c22-18-9-5-14(6-10-18)4-8-16-2-1-3-17(21-16)12-15-7-11-19(23)20(24)13-15;/h5-7,9-11,13,16-17,21-24H,1-4,8,12H2;1H. The Balaban J connectivity index is 0.00000225. The lowest BCUT2D eigenvalue weighted by atomic mass is 9.91. The molecule has 0 spiro atoms. The summed E-state index contributed by atoms with van der Waals surface area (Å²) in [5, 5.41) is 32.1. The van der Waals surface area contributed by atoms with Gasteiger partial charge in [0, 0.05) is 12.1 Å². The summed E-state index contributed by atoms with van der Waals surface area (Å²) in [5.41, 5.74) is 2.29. The second-order valence-electron chi connectivity index (χ2n) is 6.72. The van der Waals surface area contributed by atoms with Crippen LogP contribution >= 0.6 is 17.0 Å². The van der Waals surface area contributed by atoms with Crippen LogP contribution in [0.4, 0.5) is 0 Å². The third-order valence-corrected chi connectivity index (χ3v) is 4.82. The van der Waals surface area contributed by atoms with Crippen LogP contribution in [-0.2, 0) is 12.8 Å². The summed E-state index contributed by atoms with van der Waals surface area (Å²) in [6.07, 6.45) is 6.49. The summed E-state index contributed by atoms with van der Waals surface area (Å²) in [6, 6.07) is 13.4. The van der Waals surface area contributed by atoms with Crippen molar-refractivity contribution in [3.05, 3.63) is 53.6 Å². The molecule has 4 N–H and O–H groups in total. The molecule has 2 atom stereocenters. The molecular weight excluding hydrogens is 382 g/mol. The lowest BCUT2D eigenvalue weighted by Gasteiger charge is -2.31. The Kier molecular flexibility index (Phi) is 7.14. The van der Waals surface area contributed by atoms with E-state index < -0.39 is 0 Å². The summed E-state index contributed by atoms with van der Waals surface area (Å²) in [4.78, 5) is 0. The molecule has 4 nitrogen and oxygen atoms in total. The van der Waals surface area contributed by atoms with Crippen molar-refractivity contribution < 1.29 is 15.3 Å². The highest BCUT2D eigenvalue weighted by Gasteiger charge is 2.21. The quantitative estimate of drug-likeness (QED) is 0.563. The van der Waals surface area contributed by atoms with Gasteiger partial charge in [-0.15, -0.1) is 17.0 Å². The average Bonchev–Trinajstić information content (AvgIpc) is 2.58. The Morgan fingerprint density at radius 1 is 0.840 bits per heavy atom. The van der Waals surface area contributed by atoms with Gasteiger partial charge in [-0.3, -0.25) is 0 Å². The van der Waals surface area contributed by atoms with Crippen molar-refractivity contribution in [1.82, 2.24) is 5.32 Å². The van der Waals surface area contributed by atoms with Gasteiger partial charge in [0.2, 0.25) is 0 Å². The minimum absolute atomic E-state index is 0. The minimum atomic E-state index is -0.0675. The largest absolute Gasteiger partial charge is 0.508 e. The van der Waals surface area contributed by atoms with Crippen molar-refractivity contribution in [3.8, 4) is 17.2 Å². The van der Waals surface area contributed by atoms with Gasteiger partial charge in [0.1, 0.15) is 5.75 Å².